The summed E-state index contributed by atoms with van der Waals surface area (Å²) in [5.41, 5.74) is 0. The summed E-state index contributed by atoms with van der Waals surface area (Å²) >= 11 is 0. The lowest BCUT2D eigenvalue weighted by Gasteiger charge is -2.17. The number of hydrogen-bond acceptors (Lipinski definition) is 5. The first kappa shape index (κ1) is 15.7. The largest absolute Gasteiger partial charge is 0.386 e. The Morgan fingerprint density at radius 1 is 1.60 bits per heavy atom. The molecule has 6 nitrogen and oxygen atoms in total. The lowest BCUT2D eigenvalue weighted by atomic mass is 10.4. The standard InChI is InChI=1S/C13H16N4O2S/c1-3-5-6-7-11-15-16-17(4-2)20(18,19)13-9-8-10-14-12-13/h3,5-6,8-9,12,14H,1,4,10H2,2H3/b6-5-,16-15?. The molecule has 0 aromatic rings. The second kappa shape index (κ2) is 7.96. The van der Waals surface area contributed by atoms with Crippen molar-refractivity contribution < 1.29 is 8.42 Å². The molecule has 0 saturated heterocycles. The maximum atomic E-state index is 12.2. The number of sulfonamides is 1. The van der Waals surface area contributed by atoms with E-state index in [0.717, 1.165) is 4.41 Å². The van der Waals surface area contributed by atoms with Gasteiger partial charge >= 0.3 is 0 Å². The summed E-state index contributed by atoms with van der Waals surface area (Å²) in [7, 11) is -3.69. The molecular formula is C13H16N4O2S. The predicted octanol–water partition coefficient (Wildman–Crippen LogP) is 1.71. The highest BCUT2D eigenvalue weighted by Gasteiger charge is 2.23. The van der Waals surface area contributed by atoms with E-state index in [9.17, 15) is 8.42 Å². The SMILES string of the molecule is C=C/C=C\C#CN=NN(CC)S(=O)(=O)C1=CNCC=C1. The summed E-state index contributed by atoms with van der Waals surface area (Å²) in [6.45, 7) is 5.93. The Morgan fingerprint density at radius 3 is 3.00 bits per heavy atom. The molecule has 0 amide bonds. The van der Waals surface area contributed by atoms with Gasteiger partial charge in [-0.2, -0.15) is 12.8 Å². The average molecular weight is 292 g/mol. The maximum absolute atomic E-state index is 12.2. The van der Waals surface area contributed by atoms with Crippen LogP contribution in [0.1, 0.15) is 6.92 Å². The van der Waals surface area contributed by atoms with Crippen LogP contribution >= 0.6 is 0 Å². The van der Waals surface area contributed by atoms with E-state index in [2.05, 4.69) is 34.2 Å². The van der Waals surface area contributed by atoms with Crippen LogP contribution in [0.2, 0.25) is 0 Å². The number of rotatable bonds is 5. The van der Waals surface area contributed by atoms with E-state index in [1.54, 1.807) is 25.2 Å². The Hall–Kier alpha value is -2.33. The molecule has 20 heavy (non-hydrogen) atoms. The van der Waals surface area contributed by atoms with E-state index in [1.165, 1.54) is 18.4 Å². The third kappa shape index (κ3) is 4.40. The third-order valence-corrected chi connectivity index (χ3v) is 3.92. The lowest BCUT2D eigenvalue weighted by molar-refractivity contribution is 0.433. The summed E-state index contributed by atoms with van der Waals surface area (Å²) in [5, 5.41) is 9.99. The number of nitrogens with zero attached hydrogens (tertiary/aromatic N) is 3. The third-order valence-electron chi connectivity index (χ3n) is 2.18. The fraction of sp³-hybridized carbons (Fsp3) is 0.231. The molecule has 1 aliphatic heterocycles. The van der Waals surface area contributed by atoms with Crippen LogP contribution in [0.3, 0.4) is 0 Å². The highest BCUT2D eigenvalue weighted by molar-refractivity contribution is 7.93. The highest BCUT2D eigenvalue weighted by atomic mass is 32.2. The zero-order valence-electron chi connectivity index (χ0n) is 11.2. The molecule has 0 spiro atoms. The molecule has 1 aliphatic rings. The first-order valence-corrected chi connectivity index (χ1v) is 7.38. The summed E-state index contributed by atoms with van der Waals surface area (Å²) in [5.74, 6) is 2.57. The van der Waals surface area contributed by atoms with Crippen molar-refractivity contribution in [3.8, 4) is 12.0 Å². The molecule has 106 valence electrons. The van der Waals surface area contributed by atoms with E-state index in [-0.39, 0.29) is 11.4 Å². The lowest BCUT2D eigenvalue weighted by Crippen LogP contribution is -2.28. The summed E-state index contributed by atoms with van der Waals surface area (Å²) in [6.07, 6.45) is 9.43. The van der Waals surface area contributed by atoms with Crippen LogP contribution in [0.5, 0.6) is 0 Å². The van der Waals surface area contributed by atoms with Gasteiger partial charge in [0.2, 0.25) is 0 Å². The zero-order chi connectivity index (χ0) is 14.8. The van der Waals surface area contributed by atoms with Crippen LogP contribution in [0, 0.1) is 12.0 Å². The summed E-state index contributed by atoms with van der Waals surface area (Å²) in [6, 6.07) is 2.37. The summed E-state index contributed by atoms with van der Waals surface area (Å²) < 4.78 is 25.3. The molecule has 0 aromatic heterocycles. The van der Waals surface area contributed by atoms with Crippen molar-refractivity contribution >= 4 is 10.0 Å². The fourth-order valence-electron chi connectivity index (χ4n) is 1.27. The van der Waals surface area contributed by atoms with Gasteiger partial charge in [-0.25, -0.2) is 0 Å². The van der Waals surface area contributed by atoms with Gasteiger partial charge in [0, 0.05) is 12.7 Å². The van der Waals surface area contributed by atoms with Gasteiger partial charge in [0.15, 0.2) is 0 Å². The predicted molar refractivity (Wildman–Crippen MR) is 78.5 cm³/mol. The van der Waals surface area contributed by atoms with Gasteiger partial charge in [-0.3, -0.25) is 0 Å². The van der Waals surface area contributed by atoms with Crippen molar-refractivity contribution in [3.63, 3.8) is 0 Å². The van der Waals surface area contributed by atoms with Crippen molar-refractivity contribution in [1.29, 1.82) is 0 Å². The van der Waals surface area contributed by atoms with E-state index in [1.807, 2.05) is 0 Å². The minimum absolute atomic E-state index is 0.143. The van der Waals surface area contributed by atoms with E-state index >= 15 is 0 Å². The molecule has 1 rings (SSSR count). The van der Waals surface area contributed by atoms with Crippen molar-refractivity contribution in [1.82, 2.24) is 9.73 Å². The molecule has 0 bridgehead atoms. The highest BCUT2D eigenvalue weighted by Crippen LogP contribution is 2.15. The molecule has 0 atom stereocenters. The minimum atomic E-state index is -3.69. The average Bonchev–Trinajstić information content (AvgIpc) is 2.47. The quantitative estimate of drug-likeness (QED) is 0.363. The first-order chi connectivity index (χ1) is 9.62. The van der Waals surface area contributed by atoms with Crippen molar-refractivity contribution in [2.75, 3.05) is 13.1 Å². The van der Waals surface area contributed by atoms with Gasteiger partial charge in [-0.05, 0) is 30.2 Å². The van der Waals surface area contributed by atoms with Crippen LogP contribution < -0.4 is 5.32 Å². The Morgan fingerprint density at radius 2 is 2.40 bits per heavy atom. The van der Waals surface area contributed by atoms with Gasteiger partial charge in [0.05, 0.1) is 12.6 Å². The van der Waals surface area contributed by atoms with Crippen molar-refractivity contribution in [3.05, 3.63) is 48.1 Å². The smallest absolute Gasteiger partial charge is 0.281 e. The molecule has 0 aromatic carbocycles. The molecule has 1 heterocycles. The number of hydrogen-bond donors (Lipinski definition) is 1. The fourth-order valence-corrected chi connectivity index (χ4v) is 2.49. The van der Waals surface area contributed by atoms with Crippen LogP contribution in [-0.4, -0.2) is 25.9 Å². The first-order valence-electron chi connectivity index (χ1n) is 5.94. The molecule has 7 heteroatoms. The Balaban J connectivity index is 2.84. The van der Waals surface area contributed by atoms with Crippen LogP contribution in [0.15, 0.2) is 58.4 Å². The topological polar surface area (TPSA) is 74.1 Å². The minimum Gasteiger partial charge on any atom is -0.386 e. The number of dihydropyridines is 1. The molecule has 0 unspecified atom stereocenters. The molecule has 0 fully saturated rings. The Kier molecular flexibility index (Phi) is 6.26. The Labute approximate surface area is 119 Å². The second-order valence-electron chi connectivity index (χ2n) is 3.54. The van der Waals surface area contributed by atoms with Crippen molar-refractivity contribution in [2.45, 2.75) is 6.92 Å². The van der Waals surface area contributed by atoms with Gasteiger partial charge in [0.25, 0.3) is 10.0 Å². The monoisotopic (exact) mass is 292 g/mol. The van der Waals surface area contributed by atoms with Gasteiger partial charge in [-0.15, -0.1) is 0 Å². The van der Waals surface area contributed by atoms with E-state index < -0.39 is 10.0 Å². The number of nitrogens with one attached hydrogen (secondary N) is 1. The molecule has 0 radical (unpaired) electrons. The Bertz CT molecular complexity index is 618. The van der Waals surface area contributed by atoms with Crippen LogP contribution in [0.4, 0.5) is 0 Å². The van der Waals surface area contributed by atoms with E-state index in [0.29, 0.717) is 6.54 Å². The molecule has 0 aliphatic carbocycles. The normalized spacial score (nSPS) is 14.6. The summed E-state index contributed by atoms with van der Waals surface area (Å²) in [4.78, 5) is 0.143. The maximum Gasteiger partial charge on any atom is 0.281 e. The van der Waals surface area contributed by atoms with E-state index in [4.69, 9.17) is 0 Å². The van der Waals surface area contributed by atoms with Gasteiger partial charge < -0.3 is 5.32 Å². The number of allylic oxidation sites excluding steroid dienone is 4. The van der Waals surface area contributed by atoms with Crippen molar-refractivity contribution in [2.24, 2.45) is 10.3 Å². The van der Waals surface area contributed by atoms with Gasteiger partial charge in [-0.1, -0.05) is 29.9 Å². The molecular weight excluding hydrogens is 276 g/mol. The van der Waals surface area contributed by atoms with Gasteiger partial charge in [0.1, 0.15) is 4.91 Å². The van der Waals surface area contributed by atoms with Crippen LogP contribution in [-0.2, 0) is 10.0 Å². The van der Waals surface area contributed by atoms with Crippen LogP contribution in [0.25, 0.3) is 0 Å². The zero-order valence-corrected chi connectivity index (χ0v) is 12.0. The molecule has 1 N–H and O–H groups in total. The second-order valence-corrected chi connectivity index (χ2v) is 5.38. The molecule has 0 saturated carbocycles.